The molecule has 3 amide bonds. The molecule has 0 unspecified atom stereocenters. The van der Waals surface area contributed by atoms with Gasteiger partial charge >= 0.3 is 6.03 Å². The molecular formula is C25H25N7O3S. The van der Waals surface area contributed by atoms with Crippen LogP contribution in [0.5, 0.6) is 5.88 Å². The lowest BCUT2D eigenvalue weighted by Crippen LogP contribution is -2.40. The largest absolute Gasteiger partial charge is 0.481 e. The van der Waals surface area contributed by atoms with Gasteiger partial charge in [0, 0.05) is 36.5 Å². The summed E-state index contributed by atoms with van der Waals surface area (Å²) in [5.41, 5.74) is 2.79. The molecule has 4 aromatic rings. The van der Waals surface area contributed by atoms with Crippen LogP contribution in [-0.2, 0) is 0 Å². The second kappa shape index (κ2) is 10.6. The average molecular weight is 504 g/mol. The molecule has 0 bridgehead atoms. The number of hydrogen-bond acceptors (Lipinski definition) is 7. The molecule has 1 fully saturated rings. The van der Waals surface area contributed by atoms with Crippen LogP contribution in [0.2, 0.25) is 0 Å². The van der Waals surface area contributed by atoms with Gasteiger partial charge in [0.1, 0.15) is 5.69 Å². The lowest BCUT2D eigenvalue weighted by atomic mass is 9.98. The molecule has 3 aromatic heterocycles. The van der Waals surface area contributed by atoms with E-state index in [1.807, 2.05) is 36.4 Å². The molecule has 0 spiro atoms. The van der Waals surface area contributed by atoms with Gasteiger partial charge in [-0.1, -0.05) is 30.3 Å². The fourth-order valence-electron chi connectivity index (χ4n) is 4.02. The summed E-state index contributed by atoms with van der Waals surface area (Å²) >= 11 is 1.47. The highest BCUT2D eigenvalue weighted by Crippen LogP contribution is 2.31. The zero-order chi connectivity index (χ0) is 24.9. The monoisotopic (exact) mass is 503 g/mol. The molecule has 4 heterocycles. The number of nitrogens with zero attached hydrogens (tertiary/aromatic N) is 4. The van der Waals surface area contributed by atoms with E-state index in [2.05, 4.69) is 30.8 Å². The minimum atomic E-state index is -0.282. The van der Waals surface area contributed by atoms with Crippen LogP contribution in [0, 0.1) is 0 Å². The summed E-state index contributed by atoms with van der Waals surface area (Å²) in [6.07, 6.45) is 3.09. The van der Waals surface area contributed by atoms with Gasteiger partial charge in [0.25, 0.3) is 5.91 Å². The Bertz CT molecular complexity index is 1330. The van der Waals surface area contributed by atoms with Gasteiger partial charge in [-0.05, 0) is 24.5 Å². The lowest BCUT2D eigenvalue weighted by Gasteiger charge is -2.30. The Labute approximate surface area is 211 Å². The highest BCUT2D eigenvalue weighted by atomic mass is 32.1. The number of carbonyl (C=O) groups is 2. The first-order valence-corrected chi connectivity index (χ1v) is 12.4. The van der Waals surface area contributed by atoms with E-state index in [1.54, 1.807) is 22.4 Å². The zero-order valence-electron chi connectivity index (χ0n) is 19.6. The molecule has 1 aliphatic heterocycles. The van der Waals surface area contributed by atoms with E-state index in [1.165, 1.54) is 24.6 Å². The van der Waals surface area contributed by atoms with Gasteiger partial charge in [0.2, 0.25) is 5.88 Å². The average Bonchev–Trinajstić information content (AvgIpc) is 3.60. The molecule has 11 heteroatoms. The Morgan fingerprint density at radius 2 is 1.92 bits per heavy atom. The van der Waals surface area contributed by atoms with Crippen LogP contribution < -0.4 is 15.4 Å². The minimum Gasteiger partial charge on any atom is -0.481 e. The summed E-state index contributed by atoms with van der Waals surface area (Å²) in [6, 6.07) is 14.9. The fraction of sp³-hybridized carbons (Fsp3) is 0.240. The summed E-state index contributed by atoms with van der Waals surface area (Å²) < 4.78 is 5.03. The van der Waals surface area contributed by atoms with Crippen LogP contribution in [0.1, 0.15) is 34.3 Å². The third kappa shape index (κ3) is 5.36. The maximum Gasteiger partial charge on any atom is 0.323 e. The molecule has 1 aromatic carbocycles. The molecule has 0 radical (unpaired) electrons. The molecule has 0 atom stereocenters. The van der Waals surface area contributed by atoms with Gasteiger partial charge in [-0.15, -0.1) is 11.3 Å². The highest BCUT2D eigenvalue weighted by molar-refractivity contribution is 7.10. The molecule has 184 valence electrons. The number of likely N-dealkylation sites (tertiary alicyclic amines) is 1. The quantitative estimate of drug-likeness (QED) is 0.353. The summed E-state index contributed by atoms with van der Waals surface area (Å²) in [5, 5.41) is 15.5. The number of thiazole rings is 1. The van der Waals surface area contributed by atoms with E-state index in [-0.39, 0.29) is 17.9 Å². The number of hydrogen-bond donors (Lipinski definition) is 3. The number of aromatic nitrogens is 4. The van der Waals surface area contributed by atoms with E-state index in [4.69, 9.17) is 4.74 Å². The van der Waals surface area contributed by atoms with Crippen LogP contribution in [0.4, 0.5) is 16.3 Å². The first-order chi connectivity index (χ1) is 17.6. The van der Waals surface area contributed by atoms with Crippen LogP contribution in [0.25, 0.3) is 11.3 Å². The van der Waals surface area contributed by atoms with E-state index < -0.39 is 0 Å². The lowest BCUT2D eigenvalue weighted by molar-refractivity contribution is 0.102. The summed E-state index contributed by atoms with van der Waals surface area (Å²) in [5.74, 6) is 0.891. The smallest absolute Gasteiger partial charge is 0.323 e. The van der Waals surface area contributed by atoms with E-state index in [0.717, 1.165) is 29.1 Å². The second-order valence-corrected chi connectivity index (χ2v) is 9.23. The van der Waals surface area contributed by atoms with E-state index >= 15 is 0 Å². The molecule has 0 aliphatic carbocycles. The standard InChI is InChI=1S/C25H25N7O3S/c1-35-22-8-7-18(14-26-22)27-23(33)20-15-36-24(28-20)17-9-11-32(12-10-17)25(34)29-21-13-19(30-31-21)16-5-3-2-4-6-16/h2-8,13-15,17H,9-12H2,1H3,(H,27,33)(H2,29,30,31,34). The number of rotatable bonds is 6. The maximum absolute atomic E-state index is 12.7. The number of pyridine rings is 1. The number of benzene rings is 1. The van der Waals surface area contributed by atoms with Crippen molar-refractivity contribution in [3.05, 3.63) is 70.8 Å². The predicted molar refractivity (Wildman–Crippen MR) is 137 cm³/mol. The Balaban J connectivity index is 1.13. The van der Waals surface area contributed by atoms with Gasteiger partial charge in [-0.25, -0.2) is 14.8 Å². The third-order valence-corrected chi connectivity index (χ3v) is 6.99. The molecule has 10 nitrogen and oxygen atoms in total. The summed E-state index contributed by atoms with van der Waals surface area (Å²) in [7, 11) is 1.54. The molecule has 1 saturated heterocycles. The van der Waals surface area contributed by atoms with E-state index in [0.29, 0.717) is 36.2 Å². The zero-order valence-corrected chi connectivity index (χ0v) is 20.4. The van der Waals surface area contributed by atoms with Crippen molar-refractivity contribution in [3.8, 4) is 17.1 Å². The van der Waals surface area contributed by atoms with Gasteiger partial charge in [0.15, 0.2) is 5.82 Å². The molecule has 5 rings (SSSR count). The maximum atomic E-state index is 12.7. The number of amides is 3. The van der Waals surface area contributed by atoms with Crippen LogP contribution in [0.15, 0.2) is 60.1 Å². The number of H-pyrrole nitrogens is 1. The second-order valence-electron chi connectivity index (χ2n) is 8.34. The van der Waals surface area contributed by atoms with Gasteiger partial charge in [0.05, 0.1) is 29.7 Å². The highest BCUT2D eigenvalue weighted by Gasteiger charge is 2.27. The Hall–Kier alpha value is -4.25. The number of anilines is 2. The van der Waals surface area contributed by atoms with Gasteiger partial charge < -0.3 is 15.0 Å². The number of nitrogens with one attached hydrogen (secondary N) is 3. The normalized spacial score (nSPS) is 13.9. The van der Waals surface area contributed by atoms with Crippen molar-refractivity contribution < 1.29 is 14.3 Å². The minimum absolute atomic E-state index is 0.174. The number of carbonyl (C=O) groups excluding carboxylic acids is 2. The first kappa shape index (κ1) is 23.5. The third-order valence-electron chi connectivity index (χ3n) is 5.99. The number of methoxy groups -OCH3 is 1. The van der Waals surface area contributed by atoms with Crippen molar-refractivity contribution >= 4 is 34.8 Å². The van der Waals surface area contributed by atoms with Crippen molar-refractivity contribution in [2.45, 2.75) is 18.8 Å². The van der Waals surface area contributed by atoms with Crippen molar-refractivity contribution in [2.75, 3.05) is 30.8 Å². The van der Waals surface area contributed by atoms with Crippen molar-refractivity contribution in [3.63, 3.8) is 0 Å². The Morgan fingerprint density at radius 1 is 1.11 bits per heavy atom. The summed E-state index contributed by atoms with van der Waals surface area (Å²) in [4.78, 5) is 35.8. The van der Waals surface area contributed by atoms with Crippen LogP contribution >= 0.6 is 11.3 Å². The molecular weight excluding hydrogens is 478 g/mol. The van der Waals surface area contributed by atoms with Crippen LogP contribution in [0.3, 0.4) is 0 Å². The number of ether oxygens (including phenoxy) is 1. The molecule has 3 N–H and O–H groups in total. The first-order valence-electron chi connectivity index (χ1n) is 11.5. The SMILES string of the molecule is COc1ccc(NC(=O)c2csc(C3CCN(C(=O)Nc4cc(-c5ccccc5)[nH]n4)CC3)n2)cn1. The Kier molecular flexibility index (Phi) is 6.89. The molecule has 36 heavy (non-hydrogen) atoms. The predicted octanol–water partition coefficient (Wildman–Crippen LogP) is 4.60. The summed E-state index contributed by atoms with van der Waals surface area (Å²) in [6.45, 7) is 1.20. The topological polar surface area (TPSA) is 125 Å². The number of piperidine rings is 1. The number of aromatic amines is 1. The van der Waals surface area contributed by atoms with Crippen molar-refractivity contribution in [2.24, 2.45) is 0 Å². The number of urea groups is 1. The van der Waals surface area contributed by atoms with Gasteiger partial charge in [-0.2, -0.15) is 5.10 Å². The van der Waals surface area contributed by atoms with Crippen molar-refractivity contribution in [1.29, 1.82) is 0 Å². The van der Waals surface area contributed by atoms with E-state index in [9.17, 15) is 9.59 Å². The Morgan fingerprint density at radius 3 is 2.64 bits per heavy atom. The molecule has 0 saturated carbocycles. The van der Waals surface area contributed by atoms with Crippen molar-refractivity contribution in [1.82, 2.24) is 25.1 Å². The fourth-order valence-corrected chi connectivity index (χ4v) is 4.99. The molecule has 1 aliphatic rings. The van der Waals surface area contributed by atoms with Crippen LogP contribution in [-0.4, -0.2) is 57.2 Å². The van der Waals surface area contributed by atoms with Gasteiger partial charge in [-0.3, -0.25) is 15.2 Å².